The van der Waals surface area contributed by atoms with Crippen molar-refractivity contribution in [3.63, 3.8) is 0 Å². The molecule has 2 heterocycles. The summed E-state index contributed by atoms with van der Waals surface area (Å²) < 4.78 is 5.91. The first-order valence-corrected chi connectivity index (χ1v) is 8.54. The molecule has 0 aromatic heterocycles. The molecular weight excluding hydrogens is 300 g/mol. The Morgan fingerprint density at radius 2 is 2.29 bits per heavy atom. The molecule has 3 nitrogen and oxygen atoms in total. The van der Waals surface area contributed by atoms with Crippen LogP contribution in [-0.4, -0.2) is 52.5 Å². The summed E-state index contributed by atoms with van der Waals surface area (Å²) in [5.41, 5.74) is 0. The number of morpholine rings is 1. The van der Waals surface area contributed by atoms with Crippen LogP contribution in [-0.2, 0) is 4.74 Å². The van der Waals surface area contributed by atoms with Crippen LogP contribution in [0.25, 0.3) is 0 Å². The number of alkyl halides is 1. The minimum absolute atomic E-state index is 0.462. The maximum absolute atomic E-state index is 5.91. The molecule has 1 saturated carbocycles. The first-order valence-electron chi connectivity index (χ1n) is 6.54. The molecule has 3 atom stereocenters. The molecule has 3 unspecified atom stereocenters. The van der Waals surface area contributed by atoms with Crippen LogP contribution in [0.3, 0.4) is 0 Å². The van der Waals surface area contributed by atoms with Crippen LogP contribution >= 0.6 is 27.7 Å². The van der Waals surface area contributed by atoms with Gasteiger partial charge in [0.15, 0.2) is 5.17 Å². The Labute approximate surface area is 115 Å². The van der Waals surface area contributed by atoms with Gasteiger partial charge in [-0.25, -0.2) is 0 Å². The molecule has 0 amide bonds. The Balaban J connectivity index is 1.69. The van der Waals surface area contributed by atoms with Gasteiger partial charge in [-0.05, 0) is 12.8 Å². The van der Waals surface area contributed by atoms with E-state index in [1.807, 2.05) is 11.8 Å². The van der Waals surface area contributed by atoms with Gasteiger partial charge < -0.3 is 9.64 Å². The lowest BCUT2D eigenvalue weighted by Crippen LogP contribution is -2.54. The van der Waals surface area contributed by atoms with E-state index in [-0.39, 0.29) is 0 Å². The number of thioether (sulfide) groups is 1. The predicted octanol–water partition coefficient (Wildman–Crippen LogP) is 2.50. The highest BCUT2D eigenvalue weighted by Crippen LogP contribution is 2.33. The normalized spacial score (nSPS) is 37.8. The number of hydrogen-bond acceptors (Lipinski definition) is 4. The van der Waals surface area contributed by atoms with E-state index in [0.29, 0.717) is 17.4 Å². The summed E-state index contributed by atoms with van der Waals surface area (Å²) >= 11 is 5.51. The van der Waals surface area contributed by atoms with Gasteiger partial charge in [-0.15, -0.1) is 0 Å². The van der Waals surface area contributed by atoms with Gasteiger partial charge in [-0.1, -0.05) is 40.5 Å². The number of rotatable bonds is 1. The second-order valence-electron chi connectivity index (χ2n) is 4.97. The van der Waals surface area contributed by atoms with Gasteiger partial charge in [0.2, 0.25) is 0 Å². The van der Waals surface area contributed by atoms with Gasteiger partial charge in [0.05, 0.1) is 25.3 Å². The summed E-state index contributed by atoms with van der Waals surface area (Å²) in [6.07, 6.45) is 5.66. The zero-order valence-corrected chi connectivity index (χ0v) is 12.4. The quantitative estimate of drug-likeness (QED) is 0.694. The minimum atomic E-state index is 0.462. The highest BCUT2D eigenvalue weighted by molar-refractivity contribution is 9.09. The van der Waals surface area contributed by atoms with Crippen molar-refractivity contribution in [2.45, 2.75) is 43.1 Å². The molecule has 17 heavy (non-hydrogen) atoms. The smallest absolute Gasteiger partial charge is 0.160 e. The molecule has 5 heteroatoms. The summed E-state index contributed by atoms with van der Waals surface area (Å²) in [5, 5.41) is 2.95. The van der Waals surface area contributed by atoms with Crippen LogP contribution in [0.15, 0.2) is 4.99 Å². The van der Waals surface area contributed by atoms with Gasteiger partial charge in [-0.3, -0.25) is 4.99 Å². The maximum Gasteiger partial charge on any atom is 0.160 e. The van der Waals surface area contributed by atoms with Crippen LogP contribution in [0.5, 0.6) is 0 Å². The summed E-state index contributed by atoms with van der Waals surface area (Å²) in [4.78, 5) is 7.25. The highest BCUT2D eigenvalue weighted by Gasteiger charge is 2.37. The number of aliphatic imine (C=N–C) groups is 1. The van der Waals surface area contributed by atoms with Crippen LogP contribution in [0.2, 0.25) is 0 Å². The fourth-order valence-corrected chi connectivity index (χ4v) is 4.60. The largest absolute Gasteiger partial charge is 0.374 e. The van der Waals surface area contributed by atoms with Crippen molar-refractivity contribution in [2.75, 3.05) is 25.0 Å². The summed E-state index contributed by atoms with van der Waals surface area (Å²) in [6.45, 7) is 2.88. The molecule has 2 aliphatic heterocycles. The molecule has 1 aliphatic carbocycles. The minimum Gasteiger partial charge on any atom is -0.374 e. The maximum atomic E-state index is 5.91. The van der Waals surface area contributed by atoms with E-state index >= 15 is 0 Å². The molecule has 1 saturated heterocycles. The van der Waals surface area contributed by atoms with E-state index in [4.69, 9.17) is 9.73 Å². The van der Waals surface area contributed by atoms with Crippen LogP contribution in [0, 0.1) is 0 Å². The molecule has 96 valence electrons. The molecule has 0 N–H and O–H groups in total. The molecule has 0 aromatic carbocycles. The molecule has 0 radical (unpaired) electrons. The van der Waals surface area contributed by atoms with Gasteiger partial charge in [0.25, 0.3) is 0 Å². The van der Waals surface area contributed by atoms with Crippen LogP contribution in [0.1, 0.15) is 25.7 Å². The van der Waals surface area contributed by atoms with Crippen molar-refractivity contribution in [3.05, 3.63) is 0 Å². The first-order chi connectivity index (χ1) is 8.38. The van der Waals surface area contributed by atoms with Gasteiger partial charge in [-0.2, -0.15) is 0 Å². The van der Waals surface area contributed by atoms with Crippen LogP contribution < -0.4 is 0 Å². The third-order valence-corrected chi connectivity index (χ3v) is 6.29. The first kappa shape index (κ1) is 12.3. The lowest BCUT2D eigenvalue weighted by Gasteiger charge is -2.44. The summed E-state index contributed by atoms with van der Waals surface area (Å²) in [7, 11) is 0. The lowest BCUT2D eigenvalue weighted by molar-refractivity contribution is -0.0625. The van der Waals surface area contributed by atoms with E-state index in [0.717, 1.165) is 25.0 Å². The molecular formula is C12H19BrN2OS. The van der Waals surface area contributed by atoms with E-state index in [2.05, 4.69) is 20.8 Å². The monoisotopic (exact) mass is 318 g/mol. The van der Waals surface area contributed by atoms with E-state index < -0.39 is 0 Å². The highest BCUT2D eigenvalue weighted by atomic mass is 79.9. The number of amidine groups is 1. The van der Waals surface area contributed by atoms with Crippen molar-refractivity contribution < 1.29 is 4.74 Å². The van der Waals surface area contributed by atoms with Gasteiger partial charge >= 0.3 is 0 Å². The number of hydrogen-bond donors (Lipinski definition) is 0. The summed E-state index contributed by atoms with van der Waals surface area (Å²) in [6, 6.07) is 0.595. The van der Waals surface area contributed by atoms with Gasteiger partial charge in [0.1, 0.15) is 0 Å². The van der Waals surface area contributed by atoms with Gasteiger partial charge in [0, 0.05) is 17.1 Å². The third kappa shape index (κ3) is 2.51. The Kier molecular flexibility index (Phi) is 3.97. The van der Waals surface area contributed by atoms with Crippen molar-refractivity contribution in [2.24, 2.45) is 4.99 Å². The second kappa shape index (κ2) is 5.49. The molecule has 3 aliphatic rings. The third-order valence-electron chi connectivity index (χ3n) is 3.85. The van der Waals surface area contributed by atoms with Crippen molar-refractivity contribution in [1.82, 2.24) is 4.90 Å². The number of fused-ring (bicyclic) bond motifs is 1. The average molecular weight is 319 g/mol. The lowest BCUT2D eigenvalue weighted by atomic mass is 9.90. The molecule has 0 spiro atoms. The molecule has 0 aromatic rings. The topological polar surface area (TPSA) is 24.8 Å². The zero-order chi connectivity index (χ0) is 11.7. The van der Waals surface area contributed by atoms with Crippen molar-refractivity contribution in [3.8, 4) is 0 Å². The number of halogens is 1. The molecule has 3 rings (SSSR count). The second-order valence-corrected chi connectivity index (χ2v) is 6.89. The standard InChI is InChI=1S/C12H19BrN2OS/c13-7-9-8-14-12(17-9)15-5-6-16-11-4-2-1-3-10(11)15/h9-11H,1-8H2. The van der Waals surface area contributed by atoms with E-state index in [1.165, 1.54) is 30.9 Å². The fourth-order valence-electron chi connectivity index (χ4n) is 2.98. The van der Waals surface area contributed by atoms with Crippen molar-refractivity contribution >= 4 is 32.9 Å². The Morgan fingerprint density at radius 1 is 1.41 bits per heavy atom. The Hall–Kier alpha value is 0.260. The number of ether oxygens (including phenoxy) is 1. The van der Waals surface area contributed by atoms with Crippen LogP contribution in [0.4, 0.5) is 0 Å². The average Bonchev–Trinajstić information content (AvgIpc) is 2.87. The Bertz CT molecular complexity index is 311. The SMILES string of the molecule is BrCC1CN=C(N2CCOC3CCCCC32)S1. The van der Waals surface area contributed by atoms with Crippen molar-refractivity contribution in [1.29, 1.82) is 0 Å². The predicted molar refractivity (Wildman–Crippen MR) is 76.2 cm³/mol. The number of nitrogens with zero attached hydrogens (tertiary/aromatic N) is 2. The van der Waals surface area contributed by atoms with E-state index in [1.54, 1.807) is 0 Å². The van der Waals surface area contributed by atoms with E-state index in [9.17, 15) is 0 Å². The summed E-state index contributed by atoms with van der Waals surface area (Å²) in [5.74, 6) is 0. The molecule has 0 bridgehead atoms. The fraction of sp³-hybridized carbons (Fsp3) is 0.917. The zero-order valence-electron chi connectivity index (χ0n) is 9.98. The molecule has 2 fully saturated rings. The Morgan fingerprint density at radius 3 is 3.12 bits per heavy atom.